The van der Waals surface area contributed by atoms with Gasteiger partial charge in [0.05, 0.1) is 4.90 Å². The summed E-state index contributed by atoms with van der Waals surface area (Å²) in [5.41, 5.74) is 0. The van der Waals surface area contributed by atoms with E-state index in [1.807, 2.05) is 0 Å². The highest BCUT2D eigenvalue weighted by Crippen LogP contribution is 2.31. The number of nitrogens with zero attached hydrogens (tertiary/aromatic N) is 1. The highest BCUT2D eigenvalue weighted by molar-refractivity contribution is 9.11. The predicted molar refractivity (Wildman–Crippen MR) is 83.6 cm³/mol. The van der Waals surface area contributed by atoms with Crippen molar-refractivity contribution in [2.45, 2.75) is 31.1 Å². The van der Waals surface area contributed by atoms with Crippen LogP contribution < -0.4 is 0 Å². The first-order valence-corrected chi connectivity index (χ1v) is 9.43. The monoisotopic (exact) mass is 409 g/mol. The molecular formula is C13H17Br2NO2S. The maximum Gasteiger partial charge on any atom is 0.244 e. The maximum atomic E-state index is 12.6. The molecular weight excluding hydrogens is 394 g/mol. The summed E-state index contributed by atoms with van der Waals surface area (Å²) in [7, 11) is -3.37. The van der Waals surface area contributed by atoms with E-state index < -0.39 is 10.0 Å². The topological polar surface area (TPSA) is 37.4 Å². The Morgan fingerprint density at radius 1 is 1.37 bits per heavy atom. The summed E-state index contributed by atoms with van der Waals surface area (Å²) in [6.07, 6.45) is 3.19. The van der Waals surface area contributed by atoms with Crippen LogP contribution >= 0.6 is 31.9 Å². The van der Waals surface area contributed by atoms with Crippen LogP contribution in [0, 0.1) is 5.92 Å². The molecule has 0 bridgehead atoms. The average molecular weight is 411 g/mol. The van der Waals surface area contributed by atoms with E-state index in [1.54, 1.807) is 22.5 Å². The van der Waals surface area contributed by atoms with Gasteiger partial charge in [-0.15, -0.1) is 0 Å². The second kappa shape index (κ2) is 6.24. The quantitative estimate of drug-likeness (QED) is 0.751. The number of hydrogen-bond acceptors (Lipinski definition) is 2. The van der Waals surface area contributed by atoms with Crippen LogP contribution in [0.5, 0.6) is 0 Å². The van der Waals surface area contributed by atoms with Crippen molar-refractivity contribution in [1.82, 2.24) is 4.31 Å². The molecule has 2 rings (SSSR count). The van der Waals surface area contributed by atoms with Crippen LogP contribution in [-0.2, 0) is 10.0 Å². The normalized spacial score (nSPS) is 20.9. The van der Waals surface area contributed by atoms with Gasteiger partial charge in [-0.05, 0) is 52.9 Å². The summed E-state index contributed by atoms with van der Waals surface area (Å²) in [6, 6.07) is 5.18. The fraction of sp³-hybridized carbons (Fsp3) is 0.538. The number of sulfonamides is 1. The summed E-state index contributed by atoms with van der Waals surface area (Å²) >= 11 is 6.68. The number of halogens is 2. The Kier molecular flexibility index (Phi) is 5.09. The molecule has 0 radical (unpaired) electrons. The van der Waals surface area contributed by atoms with Crippen LogP contribution in [0.4, 0.5) is 0 Å². The molecule has 0 aromatic heterocycles. The molecule has 1 aliphatic rings. The van der Waals surface area contributed by atoms with Crippen molar-refractivity contribution in [1.29, 1.82) is 0 Å². The first-order valence-electron chi connectivity index (χ1n) is 6.40. The van der Waals surface area contributed by atoms with Crippen molar-refractivity contribution >= 4 is 41.9 Å². The highest BCUT2D eigenvalue weighted by Gasteiger charge is 2.33. The van der Waals surface area contributed by atoms with Crippen LogP contribution in [-0.4, -0.2) is 25.8 Å². The van der Waals surface area contributed by atoms with Gasteiger partial charge in [0, 0.05) is 22.0 Å². The molecule has 6 heteroatoms. The lowest BCUT2D eigenvalue weighted by Crippen LogP contribution is -2.29. The van der Waals surface area contributed by atoms with Gasteiger partial charge in [0.2, 0.25) is 10.0 Å². The first-order chi connectivity index (χ1) is 8.95. The van der Waals surface area contributed by atoms with Gasteiger partial charge in [-0.1, -0.05) is 29.3 Å². The molecule has 1 atom stereocenters. The average Bonchev–Trinajstić information content (AvgIpc) is 2.78. The van der Waals surface area contributed by atoms with E-state index in [2.05, 4.69) is 38.8 Å². The predicted octanol–water partition coefficient (Wildman–Crippen LogP) is 4.02. The largest absolute Gasteiger partial charge is 0.244 e. The van der Waals surface area contributed by atoms with Gasteiger partial charge < -0.3 is 0 Å². The Labute approximate surface area is 131 Å². The zero-order chi connectivity index (χ0) is 14.0. The molecule has 1 aliphatic heterocycles. The Hall–Kier alpha value is 0.0900. The molecule has 1 unspecified atom stereocenters. The molecule has 0 spiro atoms. The third-order valence-corrected chi connectivity index (χ3v) is 6.79. The molecule has 1 aromatic rings. The van der Waals surface area contributed by atoms with Crippen molar-refractivity contribution in [3.63, 3.8) is 0 Å². The van der Waals surface area contributed by atoms with Gasteiger partial charge in [-0.25, -0.2) is 8.42 Å². The Balaban J connectivity index is 2.23. The molecule has 19 heavy (non-hydrogen) atoms. The summed E-state index contributed by atoms with van der Waals surface area (Å²) in [5, 5.41) is 0. The van der Waals surface area contributed by atoms with E-state index >= 15 is 0 Å². The van der Waals surface area contributed by atoms with E-state index in [-0.39, 0.29) is 0 Å². The lowest BCUT2D eigenvalue weighted by Gasteiger charge is -2.17. The molecule has 0 N–H and O–H groups in total. The molecule has 1 saturated heterocycles. The van der Waals surface area contributed by atoms with Crippen molar-refractivity contribution in [3.8, 4) is 0 Å². The van der Waals surface area contributed by atoms with Crippen LogP contribution in [0.2, 0.25) is 0 Å². The summed E-state index contributed by atoms with van der Waals surface area (Å²) in [4.78, 5) is 0.354. The van der Waals surface area contributed by atoms with E-state index in [0.717, 1.165) is 23.7 Å². The molecule has 0 aliphatic carbocycles. The van der Waals surface area contributed by atoms with Gasteiger partial charge in [-0.2, -0.15) is 4.31 Å². The van der Waals surface area contributed by atoms with E-state index in [4.69, 9.17) is 0 Å². The SMILES string of the molecule is CCCC1CCN(S(=O)(=O)c2ccc(Br)cc2Br)C1. The van der Waals surface area contributed by atoms with Crippen molar-refractivity contribution in [3.05, 3.63) is 27.1 Å². The third-order valence-electron chi connectivity index (χ3n) is 3.46. The minimum absolute atomic E-state index is 0.354. The van der Waals surface area contributed by atoms with Crippen LogP contribution in [0.25, 0.3) is 0 Å². The molecule has 3 nitrogen and oxygen atoms in total. The number of rotatable bonds is 4. The van der Waals surface area contributed by atoms with Crippen LogP contribution in [0.3, 0.4) is 0 Å². The Bertz CT molecular complexity index is 560. The Morgan fingerprint density at radius 2 is 2.11 bits per heavy atom. The lowest BCUT2D eigenvalue weighted by atomic mass is 10.0. The molecule has 1 heterocycles. The fourth-order valence-electron chi connectivity index (χ4n) is 2.48. The first kappa shape index (κ1) is 15.5. The minimum Gasteiger partial charge on any atom is -0.207 e. The summed E-state index contributed by atoms with van der Waals surface area (Å²) in [6.45, 7) is 3.43. The van der Waals surface area contributed by atoms with Gasteiger partial charge in [0.1, 0.15) is 0 Å². The zero-order valence-electron chi connectivity index (χ0n) is 10.8. The second-order valence-electron chi connectivity index (χ2n) is 4.88. The molecule has 1 fully saturated rings. The second-order valence-corrected chi connectivity index (χ2v) is 8.56. The lowest BCUT2D eigenvalue weighted by molar-refractivity contribution is 0.444. The van der Waals surface area contributed by atoms with Crippen molar-refractivity contribution in [2.24, 2.45) is 5.92 Å². The molecule has 106 valence electrons. The smallest absolute Gasteiger partial charge is 0.207 e. The van der Waals surface area contributed by atoms with Crippen LogP contribution in [0.15, 0.2) is 32.0 Å². The van der Waals surface area contributed by atoms with Gasteiger partial charge >= 0.3 is 0 Å². The van der Waals surface area contributed by atoms with Gasteiger partial charge in [-0.3, -0.25) is 0 Å². The van der Waals surface area contributed by atoms with Crippen molar-refractivity contribution < 1.29 is 8.42 Å². The summed E-state index contributed by atoms with van der Waals surface area (Å²) in [5.74, 6) is 0.508. The molecule has 0 saturated carbocycles. The Morgan fingerprint density at radius 3 is 2.74 bits per heavy atom. The fourth-order valence-corrected chi connectivity index (χ4v) is 5.72. The number of benzene rings is 1. The van der Waals surface area contributed by atoms with Crippen molar-refractivity contribution in [2.75, 3.05) is 13.1 Å². The molecule has 1 aromatic carbocycles. The van der Waals surface area contributed by atoms with E-state index in [1.165, 1.54) is 0 Å². The van der Waals surface area contributed by atoms with Crippen LogP contribution in [0.1, 0.15) is 26.2 Å². The highest BCUT2D eigenvalue weighted by atomic mass is 79.9. The summed E-state index contributed by atoms with van der Waals surface area (Å²) < 4.78 is 28.3. The van der Waals surface area contributed by atoms with Gasteiger partial charge in [0.25, 0.3) is 0 Å². The number of hydrogen-bond donors (Lipinski definition) is 0. The van der Waals surface area contributed by atoms with E-state index in [9.17, 15) is 8.42 Å². The standard InChI is InChI=1S/C13H17Br2NO2S/c1-2-3-10-6-7-16(9-10)19(17,18)13-5-4-11(14)8-12(13)15/h4-5,8,10H,2-3,6-7,9H2,1H3. The molecule has 0 amide bonds. The maximum absolute atomic E-state index is 12.6. The minimum atomic E-state index is -3.37. The third kappa shape index (κ3) is 3.40. The van der Waals surface area contributed by atoms with Gasteiger partial charge in [0.15, 0.2) is 0 Å². The van der Waals surface area contributed by atoms with E-state index in [0.29, 0.717) is 28.4 Å². The zero-order valence-corrected chi connectivity index (χ0v) is 14.8.